The van der Waals surface area contributed by atoms with Crippen LogP contribution in [0.3, 0.4) is 0 Å². The third-order valence-electron chi connectivity index (χ3n) is 4.40. The van der Waals surface area contributed by atoms with E-state index < -0.39 is 30.6 Å². The predicted molar refractivity (Wildman–Crippen MR) is 81.3 cm³/mol. The first-order chi connectivity index (χ1) is 10.6. The Kier molecular flexibility index (Phi) is 6.43. The third-order valence-corrected chi connectivity index (χ3v) is 4.40. The number of amidine groups is 1. The van der Waals surface area contributed by atoms with Crippen LogP contribution in [0.5, 0.6) is 0 Å². The lowest BCUT2D eigenvalue weighted by Crippen LogP contribution is -2.65. The van der Waals surface area contributed by atoms with Crippen molar-refractivity contribution in [1.82, 2.24) is 4.90 Å². The summed E-state index contributed by atoms with van der Waals surface area (Å²) in [7, 11) is 0. The molecule has 7 heteroatoms. The Hall–Kier alpha value is -0.890. The summed E-state index contributed by atoms with van der Waals surface area (Å²) >= 11 is 0. The minimum absolute atomic E-state index is 0.150. The number of aliphatic imine (C=N–C) groups is 1. The summed E-state index contributed by atoms with van der Waals surface area (Å²) in [6, 6.07) is -0.326. The number of ether oxygens (including phenoxy) is 1. The maximum absolute atomic E-state index is 10.1. The third kappa shape index (κ3) is 3.71. The standard InChI is InChI=1S/C15H28N2O5/c1-2-3-4-5-6-7-8-16-15-17-10(9-22-15)11(18)12(19)13(20)14(17)21/h10-14,18-21H,2-9H2,1H3/t10-,11+,12+,13-,14+/m1/s1. The highest BCUT2D eigenvalue weighted by Gasteiger charge is 2.52. The van der Waals surface area contributed by atoms with Gasteiger partial charge >= 0.3 is 0 Å². The Bertz CT molecular complexity index is 379. The molecule has 0 aromatic heterocycles. The number of aliphatic hydroxyl groups excluding tert-OH is 4. The fourth-order valence-corrected chi connectivity index (χ4v) is 2.99. The molecule has 0 radical (unpaired) electrons. The van der Waals surface area contributed by atoms with Crippen molar-refractivity contribution < 1.29 is 25.2 Å². The van der Waals surface area contributed by atoms with Crippen LogP contribution in [0.2, 0.25) is 0 Å². The van der Waals surface area contributed by atoms with Crippen molar-refractivity contribution >= 4 is 6.02 Å². The Morgan fingerprint density at radius 2 is 1.68 bits per heavy atom. The second-order valence-corrected chi connectivity index (χ2v) is 6.10. The summed E-state index contributed by atoms with van der Waals surface area (Å²) in [5, 5.41) is 39.4. The van der Waals surface area contributed by atoms with Gasteiger partial charge in [0.2, 0.25) is 0 Å². The zero-order valence-corrected chi connectivity index (χ0v) is 13.1. The summed E-state index contributed by atoms with van der Waals surface area (Å²) in [4.78, 5) is 5.70. The number of unbranched alkanes of at least 4 members (excludes halogenated alkanes) is 5. The van der Waals surface area contributed by atoms with Crippen molar-refractivity contribution in [3.8, 4) is 0 Å². The molecule has 0 saturated carbocycles. The Labute approximate surface area is 131 Å². The molecule has 0 aromatic rings. The van der Waals surface area contributed by atoms with E-state index in [2.05, 4.69) is 11.9 Å². The minimum Gasteiger partial charge on any atom is -0.463 e. The van der Waals surface area contributed by atoms with E-state index in [1.807, 2.05) is 0 Å². The number of nitrogens with zero attached hydrogens (tertiary/aromatic N) is 2. The quantitative estimate of drug-likeness (QED) is 0.486. The van der Waals surface area contributed by atoms with Crippen LogP contribution in [0.25, 0.3) is 0 Å². The van der Waals surface area contributed by atoms with Gasteiger partial charge in [-0.3, -0.25) is 4.90 Å². The Balaban J connectivity index is 1.84. The van der Waals surface area contributed by atoms with E-state index in [0.29, 0.717) is 6.54 Å². The van der Waals surface area contributed by atoms with Crippen molar-refractivity contribution in [3.05, 3.63) is 0 Å². The first kappa shape index (κ1) is 17.5. The van der Waals surface area contributed by atoms with Gasteiger partial charge in [-0.05, 0) is 6.42 Å². The smallest absolute Gasteiger partial charge is 0.290 e. The molecule has 2 heterocycles. The van der Waals surface area contributed by atoms with E-state index in [-0.39, 0.29) is 12.6 Å². The van der Waals surface area contributed by atoms with Gasteiger partial charge in [0.15, 0.2) is 6.23 Å². The van der Waals surface area contributed by atoms with Crippen LogP contribution in [0.15, 0.2) is 4.99 Å². The molecule has 5 atom stereocenters. The summed E-state index contributed by atoms with van der Waals surface area (Å²) in [6.45, 7) is 2.92. The van der Waals surface area contributed by atoms with Crippen molar-refractivity contribution in [3.63, 3.8) is 0 Å². The molecule has 0 aliphatic carbocycles. The highest BCUT2D eigenvalue weighted by Crippen LogP contribution is 2.28. The molecule has 0 bridgehead atoms. The molecule has 2 aliphatic heterocycles. The average Bonchev–Trinajstić information content (AvgIpc) is 2.94. The van der Waals surface area contributed by atoms with Gasteiger partial charge in [-0.15, -0.1) is 0 Å². The Morgan fingerprint density at radius 1 is 1.00 bits per heavy atom. The number of fused-ring (bicyclic) bond motifs is 1. The molecule has 0 aromatic carbocycles. The topological polar surface area (TPSA) is 106 Å². The fraction of sp³-hybridized carbons (Fsp3) is 0.933. The molecule has 0 spiro atoms. The number of aliphatic hydroxyl groups is 4. The first-order valence-electron chi connectivity index (χ1n) is 8.25. The molecule has 0 amide bonds. The van der Waals surface area contributed by atoms with E-state index in [4.69, 9.17) is 4.74 Å². The van der Waals surface area contributed by atoms with Crippen LogP contribution in [0.4, 0.5) is 0 Å². The van der Waals surface area contributed by atoms with Gasteiger partial charge in [0.25, 0.3) is 6.02 Å². The molecule has 0 unspecified atom stereocenters. The SMILES string of the molecule is CCCCCCCCN=C1OC[C@@H]2[C@H](O)[C@H](O)[C@@H](O)[C@H](O)N12. The molecule has 2 saturated heterocycles. The summed E-state index contributed by atoms with van der Waals surface area (Å²) in [5.74, 6) is 0. The number of hydrogen-bond acceptors (Lipinski definition) is 6. The summed E-state index contributed by atoms with van der Waals surface area (Å²) in [5.41, 5.74) is 0. The van der Waals surface area contributed by atoms with Crippen LogP contribution in [0, 0.1) is 0 Å². The lowest BCUT2D eigenvalue weighted by molar-refractivity contribution is -0.190. The van der Waals surface area contributed by atoms with E-state index in [1.54, 1.807) is 0 Å². The molecule has 128 valence electrons. The largest absolute Gasteiger partial charge is 0.463 e. The predicted octanol–water partition coefficient (Wildman–Crippen LogP) is -0.182. The maximum Gasteiger partial charge on any atom is 0.290 e. The zero-order chi connectivity index (χ0) is 16.1. The normalized spacial score (nSPS) is 36.5. The lowest BCUT2D eigenvalue weighted by atomic mass is 9.94. The van der Waals surface area contributed by atoms with Gasteiger partial charge < -0.3 is 25.2 Å². The molecule has 7 nitrogen and oxygen atoms in total. The van der Waals surface area contributed by atoms with E-state index >= 15 is 0 Å². The van der Waals surface area contributed by atoms with Gasteiger partial charge in [0.1, 0.15) is 24.9 Å². The minimum atomic E-state index is -1.44. The second-order valence-electron chi connectivity index (χ2n) is 6.10. The van der Waals surface area contributed by atoms with Gasteiger partial charge in [-0.2, -0.15) is 0 Å². The van der Waals surface area contributed by atoms with Gasteiger partial charge in [0.05, 0.1) is 6.04 Å². The fourth-order valence-electron chi connectivity index (χ4n) is 2.99. The first-order valence-corrected chi connectivity index (χ1v) is 8.25. The second kappa shape index (κ2) is 8.10. The maximum atomic E-state index is 10.1. The van der Waals surface area contributed by atoms with Crippen LogP contribution in [0.1, 0.15) is 45.4 Å². The van der Waals surface area contributed by atoms with Crippen molar-refractivity contribution in [2.45, 2.75) is 76.0 Å². The summed E-state index contributed by atoms with van der Waals surface area (Å²) in [6.07, 6.45) is 1.67. The monoisotopic (exact) mass is 316 g/mol. The van der Waals surface area contributed by atoms with E-state index in [0.717, 1.165) is 12.8 Å². The van der Waals surface area contributed by atoms with E-state index in [9.17, 15) is 20.4 Å². The number of piperidine rings is 1. The molecular weight excluding hydrogens is 288 g/mol. The Morgan fingerprint density at radius 3 is 2.41 bits per heavy atom. The highest BCUT2D eigenvalue weighted by molar-refractivity contribution is 5.76. The molecule has 2 rings (SSSR count). The molecule has 22 heavy (non-hydrogen) atoms. The van der Waals surface area contributed by atoms with Gasteiger partial charge in [0, 0.05) is 6.54 Å². The lowest BCUT2D eigenvalue weighted by Gasteiger charge is -2.42. The van der Waals surface area contributed by atoms with Crippen molar-refractivity contribution in [2.75, 3.05) is 13.2 Å². The van der Waals surface area contributed by atoms with Crippen molar-refractivity contribution in [2.24, 2.45) is 4.99 Å². The van der Waals surface area contributed by atoms with Crippen LogP contribution in [-0.4, -0.2) is 75.1 Å². The van der Waals surface area contributed by atoms with E-state index in [1.165, 1.54) is 30.6 Å². The zero-order valence-electron chi connectivity index (χ0n) is 13.1. The molecule has 4 N–H and O–H groups in total. The molecule has 2 fully saturated rings. The van der Waals surface area contributed by atoms with Crippen LogP contribution >= 0.6 is 0 Å². The van der Waals surface area contributed by atoms with Crippen molar-refractivity contribution in [1.29, 1.82) is 0 Å². The van der Waals surface area contributed by atoms with Gasteiger partial charge in [-0.1, -0.05) is 39.0 Å². The number of hydrogen-bond donors (Lipinski definition) is 4. The summed E-state index contributed by atoms with van der Waals surface area (Å²) < 4.78 is 5.42. The average molecular weight is 316 g/mol. The molecular formula is C15H28N2O5. The van der Waals surface area contributed by atoms with Crippen LogP contribution in [-0.2, 0) is 4.74 Å². The number of rotatable bonds is 7. The van der Waals surface area contributed by atoms with Crippen LogP contribution < -0.4 is 0 Å². The van der Waals surface area contributed by atoms with Gasteiger partial charge in [-0.25, -0.2) is 4.99 Å². The molecule has 2 aliphatic rings. The highest BCUT2D eigenvalue weighted by atomic mass is 16.5.